The Bertz CT molecular complexity index is 1890. The van der Waals surface area contributed by atoms with E-state index in [0.29, 0.717) is 47.0 Å². The van der Waals surface area contributed by atoms with E-state index >= 15 is 0 Å². The molecule has 4 aromatic rings. The van der Waals surface area contributed by atoms with Crippen LogP contribution in [0.1, 0.15) is 45.5 Å². The highest BCUT2D eigenvalue weighted by Gasteiger charge is 2.22. The molecule has 1 saturated heterocycles. The van der Waals surface area contributed by atoms with E-state index in [4.69, 9.17) is 0 Å². The van der Waals surface area contributed by atoms with Crippen LogP contribution in [0.15, 0.2) is 90.4 Å². The quantitative estimate of drug-likeness (QED) is 0.190. The molecule has 0 radical (unpaired) electrons. The van der Waals surface area contributed by atoms with Gasteiger partial charge in [-0.05, 0) is 98.0 Å². The molecule has 10 heteroatoms. The summed E-state index contributed by atoms with van der Waals surface area (Å²) in [5.74, 6) is -0.817. The van der Waals surface area contributed by atoms with Crippen molar-refractivity contribution in [1.82, 2.24) is 9.47 Å². The number of aromatic nitrogens is 1. The number of carbonyl (C=O) groups excluding carboxylic acids is 3. The van der Waals surface area contributed by atoms with E-state index in [1.165, 1.54) is 4.57 Å². The third kappa shape index (κ3) is 7.44. The molecular formula is C37H40N6O4. The first-order valence-electron chi connectivity index (χ1n) is 15.6. The number of amides is 3. The van der Waals surface area contributed by atoms with Crippen LogP contribution in [0, 0.1) is 6.92 Å². The number of anilines is 5. The lowest BCUT2D eigenvalue weighted by molar-refractivity contribution is -0.111. The number of piperidine rings is 1. The van der Waals surface area contributed by atoms with E-state index in [9.17, 15) is 19.2 Å². The number of carbonyl (C=O) groups is 3. The number of hydrogen-bond acceptors (Lipinski definition) is 6. The van der Waals surface area contributed by atoms with Crippen molar-refractivity contribution in [3.8, 4) is 11.1 Å². The molecule has 10 nitrogen and oxygen atoms in total. The van der Waals surface area contributed by atoms with Crippen molar-refractivity contribution in [2.45, 2.75) is 26.2 Å². The number of benzene rings is 3. The van der Waals surface area contributed by atoms with Crippen LogP contribution in [0.5, 0.6) is 0 Å². The Morgan fingerprint density at radius 3 is 2.28 bits per heavy atom. The molecular weight excluding hydrogens is 592 g/mol. The van der Waals surface area contributed by atoms with Crippen LogP contribution in [0.3, 0.4) is 0 Å². The summed E-state index contributed by atoms with van der Waals surface area (Å²) in [5, 5.41) is 8.97. The average molecular weight is 633 g/mol. The number of aryl methyl sites for hydroxylation is 1. The molecule has 3 N–H and O–H groups in total. The molecule has 1 aromatic heterocycles. The van der Waals surface area contributed by atoms with Gasteiger partial charge in [0.25, 0.3) is 17.4 Å². The maximum atomic E-state index is 13.4. The Balaban J connectivity index is 1.43. The summed E-state index contributed by atoms with van der Waals surface area (Å²) >= 11 is 0. The number of nitrogens with one attached hydrogen (secondary N) is 3. The molecule has 1 fully saturated rings. The molecule has 3 amide bonds. The minimum atomic E-state index is -0.444. The third-order valence-corrected chi connectivity index (χ3v) is 8.34. The molecule has 0 atom stereocenters. The van der Waals surface area contributed by atoms with Crippen molar-refractivity contribution in [3.63, 3.8) is 0 Å². The highest BCUT2D eigenvalue weighted by Crippen LogP contribution is 2.31. The van der Waals surface area contributed by atoms with E-state index in [0.717, 1.165) is 47.7 Å². The minimum absolute atomic E-state index is 0.151. The number of pyridine rings is 1. The van der Waals surface area contributed by atoms with Gasteiger partial charge in [0.1, 0.15) is 5.69 Å². The standard InChI is InChI=1S/C37H40N6O4/c1-6-34(44)39-32-22-27(15-18-30(32)36(46)43-19-8-7-9-20-43)38-33-21-26(23-42(5)37(33)47)29-11-10-12-31(24(29)2)40-35(45)25-13-16-28(17-14-25)41(3)4/h6,10-18,21-23,38H,1,7-9,19-20H2,2-5H3,(H,39,44)(H,40,45). The van der Waals surface area contributed by atoms with Crippen LogP contribution < -0.4 is 26.4 Å². The number of rotatable bonds is 9. The first kappa shape index (κ1) is 32.7. The van der Waals surface area contributed by atoms with E-state index in [2.05, 4.69) is 22.5 Å². The zero-order valence-corrected chi connectivity index (χ0v) is 27.2. The van der Waals surface area contributed by atoms with E-state index in [-0.39, 0.29) is 17.4 Å². The Labute approximate surface area is 274 Å². The zero-order chi connectivity index (χ0) is 33.7. The number of hydrogen-bond donors (Lipinski definition) is 3. The summed E-state index contributed by atoms with van der Waals surface area (Å²) in [5.41, 5.74) is 5.90. The first-order valence-corrected chi connectivity index (χ1v) is 15.6. The Morgan fingerprint density at radius 2 is 1.60 bits per heavy atom. The van der Waals surface area contributed by atoms with Gasteiger partial charge in [-0.25, -0.2) is 0 Å². The summed E-state index contributed by atoms with van der Waals surface area (Å²) in [4.78, 5) is 55.8. The molecule has 3 aromatic carbocycles. The van der Waals surface area contributed by atoms with Crippen molar-refractivity contribution in [2.24, 2.45) is 7.05 Å². The normalized spacial score (nSPS) is 12.6. The molecule has 0 bridgehead atoms. The van der Waals surface area contributed by atoms with Crippen LogP contribution in [-0.2, 0) is 11.8 Å². The van der Waals surface area contributed by atoms with Crippen molar-refractivity contribution in [3.05, 3.63) is 113 Å². The second-order valence-corrected chi connectivity index (χ2v) is 11.9. The Hall–Kier alpha value is -5.64. The highest BCUT2D eigenvalue weighted by molar-refractivity contribution is 6.07. The molecule has 1 aliphatic heterocycles. The average Bonchev–Trinajstić information content (AvgIpc) is 3.07. The van der Waals surface area contributed by atoms with Gasteiger partial charge in [-0.1, -0.05) is 18.7 Å². The molecule has 0 aliphatic carbocycles. The Morgan fingerprint density at radius 1 is 0.872 bits per heavy atom. The highest BCUT2D eigenvalue weighted by atomic mass is 16.2. The number of likely N-dealkylation sites (tertiary alicyclic amines) is 1. The maximum absolute atomic E-state index is 13.4. The summed E-state index contributed by atoms with van der Waals surface area (Å²) in [7, 11) is 5.56. The van der Waals surface area contributed by atoms with Crippen LogP contribution in [0.2, 0.25) is 0 Å². The fourth-order valence-corrected chi connectivity index (χ4v) is 5.66. The molecule has 47 heavy (non-hydrogen) atoms. The molecule has 0 unspecified atom stereocenters. The SMILES string of the molecule is C=CC(=O)Nc1cc(Nc2cc(-c3cccc(NC(=O)c4ccc(N(C)C)cc4)c3C)cn(C)c2=O)ccc1C(=O)N1CCCCC1. The van der Waals surface area contributed by atoms with Gasteiger partial charge in [-0.3, -0.25) is 19.2 Å². The smallest absolute Gasteiger partial charge is 0.274 e. The summed E-state index contributed by atoms with van der Waals surface area (Å²) < 4.78 is 1.49. The van der Waals surface area contributed by atoms with Crippen LogP contribution in [0.25, 0.3) is 11.1 Å². The van der Waals surface area contributed by atoms with E-state index in [1.807, 2.05) is 56.3 Å². The van der Waals surface area contributed by atoms with Gasteiger partial charge in [0.15, 0.2) is 0 Å². The second kappa shape index (κ2) is 14.2. The monoisotopic (exact) mass is 632 g/mol. The molecule has 0 saturated carbocycles. The zero-order valence-electron chi connectivity index (χ0n) is 27.2. The predicted molar refractivity (Wildman–Crippen MR) is 189 cm³/mol. The van der Waals surface area contributed by atoms with Crippen molar-refractivity contribution >= 4 is 46.2 Å². The first-order chi connectivity index (χ1) is 22.5. The predicted octanol–water partition coefficient (Wildman–Crippen LogP) is 6.17. The van der Waals surface area contributed by atoms with E-state index < -0.39 is 5.91 Å². The Kier molecular flexibility index (Phi) is 9.89. The van der Waals surface area contributed by atoms with Gasteiger partial charge < -0.3 is 30.3 Å². The second-order valence-electron chi connectivity index (χ2n) is 11.9. The van der Waals surface area contributed by atoms with Crippen LogP contribution in [-0.4, -0.2) is 54.4 Å². The summed E-state index contributed by atoms with van der Waals surface area (Å²) in [6, 6.07) is 19.8. The molecule has 242 valence electrons. The van der Waals surface area contributed by atoms with Gasteiger partial charge >= 0.3 is 0 Å². The fourth-order valence-electron chi connectivity index (χ4n) is 5.66. The van der Waals surface area contributed by atoms with Crippen molar-refractivity contribution in [1.29, 1.82) is 0 Å². The molecule has 5 rings (SSSR count). The summed E-state index contributed by atoms with van der Waals surface area (Å²) in [6.45, 7) is 6.80. The number of nitrogens with zero attached hydrogens (tertiary/aromatic N) is 3. The lowest BCUT2D eigenvalue weighted by Crippen LogP contribution is -2.36. The fraction of sp³-hybridized carbons (Fsp3) is 0.243. The van der Waals surface area contributed by atoms with Crippen LogP contribution >= 0.6 is 0 Å². The lowest BCUT2D eigenvalue weighted by atomic mass is 9.99. The van der Waals surface area contributed by atoms with Gasteiger partial charge in [0.05, 0.1) is 11.3 Å². The van der Waals surface area contributed by atoms with Gasteiger partial charge in [-0.15, -0.1) is 0 Å². The topological polar surface area (TPSA) is 116 Å². The largest absolute Gasteiger partial charge is 0.378 e. The van der Waals surface area contributed by atoms with Gasteiger partial charge in [0, 0.05) is 68.6 Å². The molecule has 2 heterocycles. The van der Waals surface area contributed by atoms with E-state index in [1.54, 1.807) is 54.5 Å². The summed E-state index contributed by atoms with van der Waals surface area (Å²) in [6.07, 6.45) is 5.87. The lowest BCUT2D eigenvalue weighted by Gasteiger charge is -2.27. The molecule has 1 aliphatic rings. The van der Waals surface area contributed by atoms with Crippen LogP contribution in [0.4, 0.5) is 28.4 Å². The van der Waals surface area contributed by atoms with Gasteiger partial charge in [0.2, 0.25) is 5.91 Å². The van der Waals surface area contributed by atoms with Crippen molar-refractivity contribution < 1.29 is 14.4 Å². The van der Waals surface area contributed by atoms with Gasteiger partial charge in [-0.2, -0.15) is 0 Å². The van der Waals surface area contributed by atoms with Crippen molar-refractivity contribution in [2.75, 3.05) is 48.0 Å². The minimum Gasteiger partial charge on any atom is -0.378 e. The molecule has 0 spiro atoms. The third-order valence-electron chi connectivity index (χ3n) is 8.34. The maximum Gasteiger partial charge on any atom is 0.274 e.